The summed E-state index contributed by atoms with van der Waals surface area (Å²) >= 11 is 0. The van der Waals surface area contributed by atoms with Crippen LogP contribution in [0.3, 0.4) is 0 Å². The summed E-state index contributed by atoms with van der Waals surface area (Å²) in [5.74, 6) is 0. The smallest absolute Gasteiger partial charge is 0.0624 e. The Morgan fingerprint density at radius 2 is 0.913 bits per heavy atom. The van der Waals surface area contributed by atoms with Crippen LogP contribution in [-0.2, 0) is 0 Å². The molecule has 0 fully saturated rings. The molecule has 0 aliphatic carbocycles. The molecule has 0 amide bonds. The summed E-state index contributed by atoms with van der Waals surface area (Å²) in [6.45, 7) is 0. The van der Waals surface area contributed by atoms with Crippen molar-refractivity contribution in [2.75, 3.05) is 6.16 Å². The second-order valence-electron chi connectivity index (χ2n) is 5.89. The lowest BCUT2D eigenvalue weighted by Crippen LogP contribution is -2.33. The summed E-state index contributed by atoms with van der Waals surface area (Å²) < 4.78 is 0. The minimum Gasteiger partial charge on any atom is -0.0624 e. The van der Waals surface area contributed by atoms with Crippen LogP contribution in [-0.4, -0.2) is 16.4 Å². The quantitative estimate of drug-likeness (QED) is 0.479. The van der Waals surface area contributed by atoms with Crippen LogP contribution in [0.4, 0.5) is 0 Å². The molecule has 0 saturated heterocycles. The minimum atomic E-state index is -1.55. The normalized spacial score (nSPS) is 11.5. The van der Waals surface area contributed by atoms with Crippen LogP contribution in [0.15, 0.2) is 91.0 Å². The van der Waals surface area contributed by atoms with Gasteiger partial charge in [-0.1, -0.05) is 60.6 Å². The summed E-state index contributed by atoms with van der Waals surface area (Å²) in [6, 6.07) is 34.9. The molecule has 0 unspecified atom stereocenters. The molecule has 0 heterocycles. The van der Waals surface area contributed by atoms with Crippen molar-refractivity contribution in [2.45, 2.75) is 12.5 Å². The first-order valence-corrected chi connectivity index (χ1v) is 11.8. The summed E-state index contributed by atoms with van der Waals surface area (Å²) in [7, 11) is -0.260. The molecular formula is C21H24PSi+. The second kappa shape index (κ2) is 7.72. The van der Waals surface area contributed by atoms with E-state index in [9.17, 15) is 0 Å². The molecule has 2 heteroatoms. The van der Waals surface area contributed by atoms with E-state index in [4.69, 9.17) is 0 Å². The molecule has 0 nitrogen and oxygen atoms in total. The van der Waals surface area contributed by atoms with Crippen molar-refractivity contribution in [3.63, 3.8) is 0 Å². The van der Waals surface area contributed by atoms with E-state index in [0.717, 1.165) is 0 Å². The topological polar surface area (TPSA) is 0 Å². The van der Waals surface area contributed by atoms with Crippen molar-refractivity contribution in [1.82, 2.24) is 0 Å². The molecule has 0 aromatic heterocycles. The van der Waals surface area contributed by atoms with E-state index in [1.165, 1.54) is 44.8 Å². The Kier molecular flexibility index (Phi) is 5.43. The van der Waals surface area contributed by atoms with Gasteiger partial charge in [-0.25, -0.2) is 0 Å². The first kappa shape index (κ1) is 16.2. The van der Waals surface area contributed by atoms with Gasteiger partial charge in [0.1, 0.15) is 23.2 Å². The SMILES string of the molecule is [SiH3]CCC[P+](c1ccccc1)(c1ccccc1)c1ccccc1. The Morgan fingerprint density at radius 1 is 0.565 bits per heavy atom. The zero-order valence-corrected chi connectivity index (χ0v) is 16.6. The lowest BCUT2D eigenvalue weighted by molar-refractivity contribution is 1.09. The Morgan fingerprint density at radius 3 is 1.22 bits per heavy atom. The number of hydrogen-bond acceptors (Lipinski definition) is 0. The zero-order valence-electron chi connectivity index (χ0n) is 13.7. The van der Waals surface area contributed by atoms with Gasteiger partial charge in [-0.05, 0) is 42.8 Å². The third-order valence-electron chi connectivity index (χ3n) is 4.44. The maximum absolute atomic E-state index is 2.33. The molecular weight excluding hydrogens is 311 g/mol. The van der Waals surface area contributed by atoms with Gasteiger partial charge < -0.3 is 0 Å². The van der Waals surface area contributed by atoms with Gasteiger partial charge in [0.2, 0.25) is 0 Å². The largest absolute Gasteiger partial charge is 0.112 e. The Labute approximate surface area is 143 Å². The van der Waals surface area contributed by atoms with E-state index >= 15 is 0 Å². The van der Waals surface area contributed by atoms with Crippen molar-refractivity contribution in [2.24, 2.45) is 0 Å². The van der Waals surface area contributed by atoms with Gasteiger partial charge in [0.05, 0.1) is 6.16 Å². The van der Waals surface area contributed by atoms with Crippen molar-refractivity contribution < 1.29 is 0 Å². The predicted molar refractivity (Wildman–Crippen MR) is 109 cm³/mol. The molecule has 0 aliphatic rings. The van der Waals surface area contributed by atoms with E-state index in [2.05, 4.69) is 91.0 Å². The summed E-state index contributed by atoms with van der Waals surface area (Å²) in [4.78, 5) is 0. The Balaban J connectivity index is 2.25. The molecule has 116 valence electrons. The average Bonchev–Trinajstić information content (AvgIpc) is 2.65. The molecule has 0 aliphatic heterocycles. The van der Waals surface area contributed by atoms with Crippen molar-refractivity contribution in [1.29, 1.82) is 0 Å². The van der Waals surface area contributed by atoms with Crippen molar-refractivity contribution in [3.8, 4) is 0 Å². The number of rotatable bonds is 6. The molecule has 0 atom stereocenters. The van der Waals surface area contributed by atoms with Crippen molar-refractivity contribution >= 4 is 33.4 Å². The molecule has 0 radical (unpaired) electrons. The second-order valence-corrected chi connectivity index (χ2v) is 10.5. The molecule has 3 aromatic carbocycles. The van der Waals surface area contributed by atoms with Crippen LogP contribution in [0, 0.1) is 0 Å². The number of hydrogen-bond donors (Lipinski definition) is 0. The monoisotopic (exact) mass is 335 g/mol. The van der Waals surface area contributed by atoms with Crippen molar-refractivity contribution in [3.05, 3.63) is 91.0 Å². The maximum atomic E-state index is 2.33. The minimum absolute atomic E-state index is 1.27. The van der Waals surface area contributed by atoms with Crippen LogP contribution < -0.4 is 15.9 Å². The molecule has 0 spiro atoms. The maximum Gasteiger partial charge on any atom is 0.112 e. The fraction of sp³-hybridized carbons (Fsp3) is 0.143. The summed E-state index contributed by atoms with van der Waals surface area (Å²) in [6.07, 6.45) is 2.59. The van der Waals surface area contributed by atoms with E-state index in [1.807, 2.05) is 0 Å². The van der Waals surface area contributed by atoms with E-state index in [-0.39, 0.29) is 0 Å². The highest BCUT2D eigenvalue weighted by Gasteiger charge is 2.44. The lowest BCUT2D eigenvalue weighted by atomic mass is 10.4. The van der Waals surface area contributed by atoms with Crippen LogP contribution in [0.5, 0.6) is 0 Å². The van der Waals surface area contributed by atoms with Crippen LogP contribution >= 0.6 is 7.26 Å². The fourth-order valence-corrected chi connectivity index (χ4v) is 8.73. The highest BCUT2D eigenvalue weighted by Crippen LogP contribution is 2.55. The van der Waals surface area contributed by atoms with Gasteiger partial charge in [-0.3, -0.25) is 0 Å². The van der Waals surface area contributed by atoms with Gasteiger partial charge in [0, 0.05) is 10.2 Å². The average molecular weight is 335 g/mol. The third-order valence-corrected chi connectivity index (χ3v) is 9.67. The van der Waals surface area contributed by atoms with Gasteiger partial charge in [0.25, 0.3) is 0 Å². The summed E-state index contributed by atoms with van der Waals surface area (Å²) in [5, 5.41) is 4.52. The molecule has 0 bridgehead atoms. The zero-order chi connectivity index (χ0) is 16.0. The molecule has 3 rings (SSSR count). The first-order valence-electron chi connectivity index (χ1n) is 8.43. The van der Waals surface area contributed by atoms with E-state index < -0.39 is 7.26 Å². The predicted octanol–water partition coefficient (Wildman–Crippen LogP) is 3.15. The summed E-state index contributed by atoms with van der Waals surface area (Å²) in [5.41, 5.74) is 0. The van der Waals surface area contributed by atoms with Gasteiger partial charge in [-0.2, -0.15) is 0 Å². The Hall–Kier alpha value is -1.69. The molecule has 23 heavy (non-hydrogen) atoms. The van der Waals surface area contributed by atoms with Gasteiger partial charge >= 0.3 is 0 Å². The fourth-order valence-electron chi connectivity index (χ4n) is 3.28. The molecule has 0 N–H and O–H groups in total. The van der Waals surface area contributed by atoms with Crippen LogP contribution in [0.1, 0.15) is 6.42 Å². The van der Waals surface area contributed by atoms with Gasteiger partial charge in [0.15, 0.2) is 0 Å². The molecule has 3 aromatic rings. The lowest BCUT2D eigenvalue weighted by Gasteiger charge is -2.27. The van der Waals surface area contributed by atoms with Crippen LogP contribution in [0.25, 0.3) is 0 Å². The Bertz CT molecular complexity index is 614. The van der Waals surface area contributed by atoms with Crippen LogP contribution in [0.2, 0.25) is 6.04 Å². The van der Waals surface area contributed by atoms with E-state index in [0.29, 0.717) is 0 Å². The standard InChI is InChI=1S/C21H24PSi/c23-18-10-17-22(19-11-4-1-5-12-19,20-13-6-2-7-14-20)21-15-8-3-9-16-21/h1-9,11-16H,10,17-18H2,23H3/q+1. The third kappa shape index (κ3) is 3.32. The van der Waals surface area contributed by atoms with Gasteiger partial charge in [-0.15, -0.1) is 0 Å². The van der Waals surface area contributed by atoms with E-state index in [1.54, 1.807) is 0 Å². The molecule has 0 saturated carbocycles. The highest BCUT2D eigenvalue weighted by atomic mass is 31.2. The first-order chi connectivity index (χ1) is 11.4. The highest BCUT2D eigenvalue weighted by molar-refractivity contribution is 7.95. The number of benzene rings is 3.